The molecule has 9 nitrogen and oxygen atoms in total. The molecule has 11 heteroatoms. The summed E-state index contributed by atoms with van der Waals surface area (Å²) < 4.78 is 24.4. The van der Waals surface area contributed by atoms with Crippen molar-refractivity contribution in [1.82, 2.24) is 25.1 Å². The molecule has 2 amide bonds. The molecule has 0 atom stereocenters. The van der Waals surface area contributed by atoms with Gasteiger partial charge in [-0.3, -0.25) is 9.59 Å². The Kier molecular flexibility index (Phi) is 5.42. The van der Waals surface area contributed by atoms with Crippen molar-refractivity contribution in [3.63, 3.8) is 0 Å². The number of nitrogens with zero attached hydrogens (tertiary/aromatic N) is 3. The molecule has 22 heavy (non-hydrogen) atoms. The van der Waals surface area contributed by atoms with Crippen LogP contribution in [0.1, 0.15) is 16.4 Å². The maximum Gasteiger partial charge on any atom is 0.309 e. The summed E-state index contributed by atoms with van der Waals surface area (Å²) in [7, 11) is -3.18. The lowest BCUT2D eigenvalue weighted by Gasteiger charge is -2.14. The van der Waals surface area contributed by atoms with Gasteiger partial charge in [0.1, 0.15) is 10.0 Å². The first-order chi connectivity index (χ1) is 10.4. The van der Waals surface area contributed by atoms with E-state index in [1.165, 1.54) is 15.6 Å². The molecule has 0 saturated carbocycles. The number of hydrogen-bond acceptors (Lipinski definition) is 7. The predicted octanol–water partition coefficient (Wildman–Crippen LogP) is -1.39. The lowest BCUT2D eigenvalue weighted by atomic mass is 10.4. The normalized spacial score (nSPS) is 17.3. The van der Waals surface area contributed by atoms with Crippen LogP contribution in [-0.4, -0.2) is 60.1 Å². The van der Waals surface area contributed by atoms with Crippen molar-refractivity contribution in [2.45, 2.75) is 19.9 Å². The van der Waals surface area contributed by atoms with E-state index in [4.69, 9.17) is 0 Å². The van der Waals surface area contributed by atoms with Crippen LogP contribution in [-0.2, 0) is 26.2 Å². The van der Waals surface area contributed by atoms with E-state index in [0.29, 0.717) is 18.0 Å². The number of hydrogen-bond donors (Lipinski definition) is 2. The molecule has 1 fully saturated rings. The van der Waals surface area contributed by atoms with Crippen molar-refractivity contribution in [2.75, 3.05) is 25.4 Å². The molecule has 1 aliphatic heterocycles. The van der Waals surface area contributed by atoms with Crippen molar-refractivity contribution in [1.29, 1.82) is 0 Å². The van der Waals surface area contributed by atoms with Gasteiger partial charge in [0, 0.05) is 19.6 Å². The zero-order chi connectivity index (χ0) is 16.2. The van der Waals surface area contributed by atoms with Crippen LogP contribution in [0.25, 0.3) is 0 Å². The molecule has 1 aromatic rings. The number of aromatic nitrogens is 2. The molecule has 0 aliphatic carbocycles. The highest BCUT2D eigenvalue weighted by Gasteiger charge is 2.27. The summed E-state index contributed by atoms with van der Waals surface area (Å²) in [6, 6.07) is 0. The van der Waals surface area contributed by atoms with Gasteiger partial charge in [0.05, 0.1) is 12.3 Å². The van der Waals surface area contributed by atoms with Gasteiger partial charge in [-0.05, 0) is 13.3 Å². The first-order valence-corrected chi connectivity index (χ1v) is 9.14. The van der Waals surface area contributed by atoms with Gasteiger partial charge in [-0.2, -0.15) is 0 Å². The molecule has 0 spiro atoms. The topological polar surface area (TPSA) is 121 Å². The minimum Gasteiger partial charge on any atom is -0.347 e. The molecular formula is C11H17N5O4S2. The SMILES string of the molecule is Cc1nnc(CNC(=O)C(=O)NCCN2CCCS2(=O)=O)s1. The molecule has 0 radical (unpaired) electrons. The Morgan fingerprint density at radius 2 is 2.00 bits per heavy atom. The third-order valence-corrected chi connectivity index (χ3v) is 5.82. The second-order valence-electron chi connectivity index (χ2n) is 4.72. The number of carbonyl (C=O) groups is 2. The smallest absolute Gasteiger partial charge is 0.309 e. The van der Waals surface area contributed by atoms with Gasteiger partial charge in [0.2, 0.25) is 10.0 Å². The van der Waals surface area contributed by atoms with Gasteiger partial charge in [0.15, 0.2) is 0 Å². The van der Waals surface area contributed by atoms with E-state index < -0.39 is 21.8 Å². The fraction of sp³-hybridized carbons (Fsp3) is 0.636. The average Bonchev–Trinajstić information content (AvgIpc) is 3.02. The second-order valence-corrected chi connectivity index (χ2v) is 8.08. The van der Waals surface area contributed by atoms with Crippen LogP contribution < -0.4 is 10.6 Å². The van der Waals surface area contributed by atoms with Crippen LogP contribution in [0.5, 0.6) is 0 Å². The fourth-order valence-corrected chi connectivity index (χ4v) is 4.14. The first kappa shape index (κ1) is 16.8. The van der Waals surface area contributed by atoms with Gasteiger partial charge in [-0.1, -0.05) is 11.3 Å². The first-order valence-electron chi connectivity index (χ1n) is 6.71. The highest BCUT2D eigenvalue weighted by Crippen LogP contribution is 2.11. The van der Waals surface area contributed by atoms with Gasteiger partial charge >= 0.3 is 11.8 Å². The maximum atomic E-state index is 11.6. The zero-order valence-corrected chi connectivity index (χ0v) is 13.7. The van der Waals surface area contributed by atoms with Gasteiger partial charge < -0.3 is 10.6 Å². The Morgan fingerprint density at radius 1 is 1.27 bits per heavy atom. The Morgan fingerprint density at radius 3 is 2.59 bits per heavy atom. The monoisotopic (exact) mass is 347 g/mol. The van der Waals surface area contributed by atoms with E-state index in [0.717, 1.165) is 5.01 Å². The molecule has 122 valence electrons. The van der Waals surface area contributed by atoms with E-state index in [-0.39, 0.29) is 25.4 Å². The summed E-state index contributed by atoms with van der Waals surface area (Å²) in [6.07, 6.45) is 0.595. The number of carbonyl (C=O) groups excluding carboxylic acids is 2. The number of amides is 2. The molecule has 2 rings (SSSR count). The lowest BCUT2D eigenvalue weighted by molar-refractivity contribution is -0.139. The molecule has 0 unspecified atom stereocenters. The predicted molar refractivity (Wildman–Crippen MR) is 79.5 cm³/mol. The summed E-state index contributed by atoms with van der Waals surface area (Å²) in [6.45, 7) is 2.67. The Bertz CT molecular complexity index is 657. The third kappa shape index (κ3) is 4.45. The average molecular weight is 347 g/mol. The Hall–Kier alpha value is -1.59. The van der Waals surface area contributed by atoms with Gasteiger partial charge in [-0.15, -0.1) is 10.2 Å². The quantitative estimate of drug-likeness (QED) is 0.633. The summed E-state index contributed by atoms with van der Waals surface area (Å²) in [5.41, 5.74) is 0. The Labute approximate surface area is 132 Å². The molecule has 2 heterocycles. The van der Waals surface area contributed by atoms with Crippen LogP contribution in [0.2, 0.25) is 0 Å². The minimum atomic E-state index is -3.18. The highest BCUT2D eigenvalue weighted by atomic mass is 32.2. The molecule has 0 bridgehead atoms. The van der Waals surface area contributed by atoms with E-state index in [2.05, 4.69) is 20.8 Å². The number of rotatable bonds is 5. The lowest BCUT2D eigenvalue weighted by Crippen LogP contribution is -2.43. The van der Waals surface area contributed by atoms with Crippen LogP contribution in [0.15, 0.2) is 0 Å². The van der Waals surface area contributed by atoms with Gasteiger partial charge in [0.25, 0.3) is 0 Å². The third-order valence-electron chi connectivity index (χ3n) is 3.02. The standard InChI is InChI=1S/C11H17N5O4S2/c1-8-14-15-9(21-8)7-13-11(18)10(17)12-3-5-16-4-2-6-22(16,19)20/h2-7H2,1H3,(H,12,17)(H,13,18). The van der Waals surface area contributed by atoms with E-state index in [1.807, 2.05) is 0 Å². The molecule has 0 aromatic carbocycles. The molecule has 1 saturated heterocycles. The van der Waals surface area contributed by atoms with Crippen LogP contribution in [0, 0.1) is 6.92 Å². The highest BCUT2D eigenvalue weighted by molar-refractivity contribution is 7.89. The van der Waals surface area contributed by atoms with E-state index >= 15 is 0 Å². The molecule has 1 aliphatic rings. The van der Waals surface area contributed by atoms with Crippen LogP contribution in [0.4, 0.5) is 0 Å². The molecule has 2 N–H and O–H groups in total. The summed E-state index contributed by atoms with van der Waals surface area (Å²) in [5.74, 6) is -1.43. The van der Waals surface area contributed by atoms with Crippen molar-refractivity contribution in [3.8, 4) is 0 Å². The number of aryl methyl sites for hydroxylation is 1. The molecular weight excluding hydrogens is 330 g/mol. The number of nitrogens with one attached hydrogen (secondary N) is 2. The van der Waals surface area contributed by atoms with Crippen LogP contribution >= 0.6 is 11.3 Å². The van der Waals surface area contributed by atoms with Gasteiger partial charge in [-0.25, -0.2) is 12.7 Å². The largest absolute Gasteiger partial charge is 0.347 e. The summed E-state index contributed by atoms with van der Waals surface area (Å²) in [4.78, 5) is 23.2. The van der Waals surface area contributed by atoms with Crippen molar-refractivity contribution < 1.29 is 18.0 Å². The Balaban J connectivity index is 1.69. The van der Waals surface area contributed by atoms with Crippen molar-refractivity contribution in [2.24, 2.45) is 0 Å². The maximum absolute atomic E-state index is 11.6. The number of sulfonamides is 1. The van der Waals surface area contributed by atoms with Crippen LogP contribution in [0.3, 0.4) is 0 Å². The summed E-state index contributed by atoms with van der Waals surface area (Å²) in [5, 5.41) is 13.8. The minimum absolute atomic E-state index is 0.101. The zero-order valence-electron chi connectivity index (χ0n) is 12.0. The summed E-state index contributed by atoms with van der Waals surface area (Å²) >= 11 is 1.33. The van der Waals surface area contributed by atoms with Crippen molar-refractivity contribution in [3.05, 3.63) is 10.0 Å². The molecule has 1 aromatic heterocycles. The van der Waals surface area contributed by atoms with E-state index in [9.17, 15) is 18.0 Å². The van der Waals surface area contributed by atoms with Crippen molar-refractivity contribution >= 4 is 33.2 Å². The second kappa shape index (κ2) is 7.11. The van der Waals surface area contributed by atoms with E-state index in [1.54, 1.807) is 6.92 Å². The fourth-order valence-electron chi connectivity index (χ4n) is 1.96.